The molecule has 0 aromatic heterocycles. The number of rotatable bonds is 5. The highest BCUT2D eigenvalue weighted by Crippen LogP contribution is 2.33. The van der Waals surface area contributed by atoms with Gasteiger partial charge in [-0.25, -0.2) is 0 Å². The fraction of sp³-hybridized carbons (Fsp3) is 1.00. The van der Waals surface area contributed by atoms with Crippen LogP contribution in [0.4, 0.5) is 0 Å². The zero-order chi connectivity index (χ0) is 13.1. The van der Waals surface area contributed by atoms with E-state index in [1.54, 1.807) is 0 Å². The molecule has 5 nitrogen and oxygen atoms in total. The van der Waals surface area contributed by atoms with Gasteiger partial charge < -0.3 is 24.8 Å². The van der Waals surface area contributed by atoms with Crippen molar-refractivity contribution in [3.63, 3.8) is 0 Å². The van der Waals surface area contributed by atoms with Crippen molar-refractivity contribution in [3.8, 4) is 0 Å². The van der Waals surface area contributed by atoms with Crippen molar-refractivity contribution in [3.05, 3.63) is 0 Å². The molecule has 2 aliphatic heterocycles. The first-order chi connectivity index (χ1) is 8.65. The van der Waals surface area contributed by atoms with Crippen LogP contribution in [0, 0.1) is 0 Å². The van der Waals surface area contributed by atoms with Gasteiger partial charge in [0.15, 0.2) is 0 Å². The maximum Gasteiger partial charge on any atom is 0.103 e. The summed E-state index contributed by atoms with van der Waals surface area (Å²) >= 11 is 0. The summed E-state index contributed by atoms with van der Waals surface area (Å²) in [6, 6.07) is 0. The van der Waals surface area contributed by atoms with E-state index in [0.29, 0.717) is 6.42 Å². The first-order valence-corrected chi connectivity index (χ1v) is 6.93. The summed E-state index contributed by atoms with van der Waals surface area (Å²) in [5.74, 6) is 0. The van der Waals surface area contributed by atoms with Gasteiger partial charge in [-0.15, -0.1) is 0 Å². The van der Waals surface area contributed by atoms with E-state index in [-0.39, 0.29) is 31.0 Å². The zero-order valence-corrected chi connectivity index (χ0v) is 10.9. The lowest BCUT2D eigenvalue weighted by atomic mass is 10.0. The lowest BCUT2D eigenvalue weighted by Crippen LogP contribution is -2.34. The van der Waals surface area contributed by atoms with Crippen LogP contribution in [-0.2, 0) is 9.47 Å². The quantitative estimate of drug-likeness (QED) is 0.658. The predicted molar refractivity (Wildman–Crippen MR) is 65.2 cm³/mol. The standard InChI is InChI=1S/C13H24O5/c1-2-8(15)10-3-5-12(17-10)13-6-4-11(18-13)9(16)7-14/h8-16H,2-7H2,1H3/t8-,9-,10+,11-,12+,13+/m1/s1. The van der Waals surface area contributed by atoms with E-state index >= 15 is 0 Å². The van der Waals surface area contributed by atoms with E-state index in [0.717, 1.165) is 25.7 Å². The van der Waals surface area contributed by atoms with E-state index in [1.807, 2.05) is 6.92 Å². The van der Waals surface area contributed by atoms with Crippen LogP contribution in [0.2, 0.25) is 0 Å². The highest BCUT2D eigenvalue weighted by molar-refractivity contribution is 4.88. The van der Waals surface area contributed by atoms with Gasteiger partial charge in [0.05, 0.1) is 37.1 Å². The minimum absolute atomic E-state index is 0.00902. The van der Waals surface area contributed by atoms with Gasteiger partial charge in [-0.3, -0.25) is 0 Å². The molecule has 2 heterocycles. The third-order valence-corrected chi connectivity index (χ3v) is 4.05. The van der Waals surface area contributed by atoms with Gasteiger partial charge in [0.25, 0.3) is 0 Å². The molecule has 6 atom stereocenters. The van der Waals surface area contributed by atoms with Crippen molar-refractivity contribution in [1.29, 1.82) is 0 Å². The van der Waals surface area contributed by atoms with Crippen molar-refractivity contribution in [2.45, 2.75) is 75.7 Å². The van der Waals surface area contributed by atoms with Gasteiger partial charge in [-0.2, -0.15) is 0 Å². The average Bonchev–Trinajstić information content (AvgIpc) is 3.04. The fourth-order valence-corrected chi connectivity index (χ4v) is 2.87. The molecule has 0 aliphatic carbocycles. The molecule has 18 heavy (non-hydrogen) atoms. The van der Waals surface area contributed by atoms with Crippen molar-refractivity contribution in [1.82, 2.24) is 0 Å². The summed E-state index contributed by atoms with van der Waals surface area (Å²) in [7, 11) is 0. The lowest BCUT2D eigenvalue weighted by Gasteiger charge is -2.23. The molecule has 2 rings (SSSR count). The van der Waals surface area contributed by atoms with Gasteiger partial charge in [-0.05, 0) is 32.1 Å². The Kier molecular flexibility index (Phi) is 4.98. The van der Waals surface area contributed by atoms with Crippen molar-refractivity contribution in [2.75, 3.05) is 6.61 Å². The maximum atomic E-state index is 9.76. The second-order valence-electron chi connectivity index (χ2n) is 5.31. The molecule has 0 amide bonds. The Bertz CT molecular complexity index is 234. The Labute approximate surface area is 108 Å². The maximum absolute atomic E-state index is 9.76. The van der Waals surface area contributed by atoms with Gasteiger partial charge in [0.2, 0.25) is 0 Å². The van der Waals surface area contributed by atoms with Crippen LogP contribution < -0.4 is 0 Å². The predicted octanol–water partition coefficient (Wildman–Crippen LogP) is 0.206. The molecule has 0 unspecified atom stereocenters. The molecule has 2 fully saturated rings. The number of ether oxygens (including phenoxy) is 2. The van der Waals surface area contributed by atoms with E-state index in [9.17, 15) is 10.2 Å². The van der Waals surface area contributed by atoms with Crippen LogP contribution in [0.1, 0.15) is 39.0 Å². The Balaban J connectivity index is 1.81. The molecule has 2 aliphatic rings. The Morgan fingerprint density at radius 3 is 1.89 bits per heavy atom. The Hall–Kier alpha value is -0.200. The Morgan fingerprint density at radius 2 is 1.44 bits per heavy atom. The molecule has 0 spiro atoms. The molecule has 0 aromatic carbocycles. The number of aliphatic hydroxyl groups is 3. The molecule has 0 radical (unpaired) electrons. The largest absolute Gasteiger partial charge is 0.394 e. The molecule has 106 valence electrons. The summed E-state index contributed by atoms with van der Waals surface area (Å²) in [5, 5.41) is 28.2. The molecule has 2 saturated heterocycles. The fourth-order valence-electron chi connectivity index (χ4n) is 2.87. The second kappa shape index (κ2) is 6.30. The van der Waals surface area contributed by atoms with Gasteiger partial charge in [0, 0.05) is 0 Å². The van der Waals surface area contributed by atoms with Crippen molar-refractivity contribution < 1.29 is 24.8 Å². The summed E-state index contributed by atoms with van der Waals surface area (Å²) < 4.78 is 11.6. The van der Waals surface area contributed by atoms with E-state index in [1.165, 1.54) is 0 Å². The monoisotopic (exact) mass is 260 g/mol. The molecular formula is C13H24O5. The molecule has 0 saturated carbocycles. The van der Waals surface area contributed by atoms with E-state index in [4.69, 9.17) is 14.6 Å². The molecule has 3 N–H and O–H groups in total. The Morgan fingerprint density at radius 1 is 0.944 bits per heavy atom. The third kappa shape index (κ3) is 3.03. The normalized spacial score (nSPS) is 40.0. The van der Waals surface area contributed by atoms with Crippen LogP contribution in [-0.4, -0.2) is 58.6 Å². The topological polar surface area (TPSA) is 79.2 Å². The number of aliphatic hydroxyl groups excluding tert-OH is 3. The van der Waals surface area contributed by atoms with Crippen molar-refractivity contribution in [2.24, 2.45) is 0 Å². The van der Waals surface area contributed by atoms with Crippen LogP contribution in [0.15, 0.2) is 0 Å². The molecule has 0 bridgehead atoms. The minimum atomic E-state index is -0.798. The van der Waals surface area contributed by atoms with Crippen LogP contribution in [0.3, 0.4) is 0 Å². The third-order valence-electron chi connectivity index (χ3n) is 4.05. The average molecular weight is 260 g/mol. The highest BCUT2D eigenvalue weighted by Gasteiger charge is 2.40. The van der Waals surface area contributed by atoms with Gasteiger partial charge >= 0.3 is 0 Å². The van der Waals surface area contributed by atoms with E-state index in [2.05, 4.69) is 0 Å². The summed E-state index contributed by atoms with van der Waals surface area (Å²) in [6.45, 7) is 1.68. The molecular weight excluding hydrogens is 236 g/mol. The van der Waals surface area contributed by atoms with Crippen LogP contribution in [0.5, 0.6) is 0 Å². The second-order valence-corrected chi connectivity index (χ2v) is 5.31. The highest BCUT2D eigenvalue weighted by atomic mass is 16.6. The van der Waals surface area contributed by atoms with Crippen LogP contribution >= 0.6 is 0 Å². The molecule has 0 aromatic rings. The minimum Gasteiger partial charge on any atom is -0.394 e. The molecule has 5 heteroatoms. The van der Waals surface area contributed by atoms with Crippen molar-refractivity contribution >= 4 is 0 Å². The number of hydrogen-bond acceptors (Lipinski definition) is 5. The SMILES string of the molecule is CC[C@@H](O)[C@@H]1CC[C@@H]([C@@H]2CC[C@H]([C@H](O)CO)O2)O1. The summed E-state index contributed by atoms with van der Waals surface area (Å²) in [6.07, 6.45) is 2.54. The van der Waals surface area contributed by atoms with Gasteiger partial charge in [-0.1, -0.05) is 6.92 Å². The van der Waals surface area contributed by atoms with Crippen LogP contribution in [0.25, 0.3) is 0 Å². The summed E-state index contributed by atoms with van der Waals surface area (Å²) in [5.41, 5.74) is 0. The van der Waals surface area contributed by atoms with E-state index < -0.39 is 12.2 Å². The zero-order valence-electron chi connectivity index (χ0n) is 10.9. The lowest BCUT2D eigenvalue weighted by molar-refractivity contribution is -0.113. The van der Waals surface area contributed by atoms with Gasteiger partial charge in [0.1, 0.15) is 6.10 Å². The smallest absolute Gasteiger partial charge is 0.103 e. The number of hydrogen-bond donors (Lipinski definition) is 3. The first-order valence-electron chi connectivity index (χ1n) is 6.93. The summed E-state index contributed by atoms with van der Waals surface area (Å²) in [4.78, 5) is 0. The first kappa shape index (κ1) is 14.2.